The molecule has 0 saturated heterocycles. The summed E-state index contributed by atoms with van der Waals surface area (Å²) in [7, 11) is 2.05. The Hall–Kier alpha value is -3.15. The Morgan fingerprint density at radius 3 is 2.72 bits per heavy atom. The highest BCUT2D eigenvalue weighted by atomic mass is 32.2. The maximum Gasteiger partial charge on any atom is 0.103 e. The van der Waals surface area contributed by atoms with E-state index in [1.54, 1.807) is 28.7 Å². The zero-order valence-corrected chi connectivity index (χ0v) is 19.0. The average molecular weight is 444 g/mol. The van der Waals surface area contributed by atoms with Gasteiger partial charge in [0, 0.05) is 40.2 Å². The van der Waals surface area contributed by atoms with Crippen molar-refractivity contribution in [3.63, 3.8) is 0 Å². The predicted molar refractivity (Wildman–Crippen MR) is 125 cm³/mol. The fraction of sp³-hybridized carbons (Fsp3) is 0.333. The second kappa shape index (κ2) is 8.77. The van der Waals surface area contributed by atoms with Crippen LogP contribution in [0.1, 0.15) is 43.0 Å². The predicted octanol–water partition coefficient (Wildman–Crippen LogP) is 4.63. The van der Waals surface area contributed by atoms with Gasteiger partial charge in [0.1, 0.15) is 11.1 Å². The maximum absolute atomic E-state index is 9.58. The second-order valence-electron chi connectivity index (χ2n) is 8.21. The molecule has 32 heavy (non-hydrogen) atoms. The molecule has 0 spiro atoms. The number of nitriles is 1. The molecule has 4 aromatic heterocycles. The minimum atomic E-state index is 0.439. The summed E-state index contributed by atoms with van der Waals surface area (Å²) in [6.07, 6.45) is 12.0. The van der Waals surface area contributed by atoms with Gasteiger partial charge in [-0.05, 0) is 57.9 Å². The van der Waals surface area contributed by atoms with Crippen LogP contribution in [-0.2, 0) is 0 Å². The van der Waals surface area contributed by atoms with Gasteiger partial charge in [-0.25, -0.2) is 9.50 Å². The van der Waals surface area contributed by atoms with Crippen molar-refractivity contribution in [2.45, 2.75) is 54.6 Å². The molecule has 5 rings (SSSR count). The van der Waals surface area contributed by atoms with Gasteiger partial charge >= 0.3 is 0 Å². The molecule has 0 aromatic carbocycles. The molecule has 0 unspecified atom stereocenters. The normalized spacial score (nSPS) is 18.7. The fourth-order valence-corrected chi connectivity index (χ4v) is 5.57. The lowest BCUT2D eigenvalue weighted by molar-refractivity contribution is 0.281. The summed E-state index contributed by atoms with van der Waals surface area (Å²) < 4.78 is 3.99. The monoisotopic (exact) mass is 443 g/mol. The third-order valence-electron chi connectivity index (χ3n) is 6.36. The van der Waals surface area contributed by atoms with Crippen molar-refractivity contribution >= 4 is 17.3 Å². The lowest BCUT2D eigenvalue weighted by Gasteiger charge is -2.29. The molecule has 7 nitrogen and oxygen atoms in total. The molecule has 0 amide bonds. The summed E-state index contributed by atoms with van der Waals surface area (Å²) in [5.41, 5.74) is 4.67. The first kappa shape index (κ1) is 20.7. The van der Waals surface area contributed by atoms with E-state index in [1.807, 2.05) is 37.6 Å². The van der Waals surface area contributed by atoms with Gasteiger partial charge < -0.3 is 5.32 Å². The second-order valence-corrected chi connectivity index (χ2v) is 9.27. The Kier molecular flexibility index (Phi) is 5.68. The highest BCUT2D eigenvalue weighted by molar-refractivity contribution is 7.99. The van der Waals surface area contributed by atoms with Gasteiger partial charge in [0.25, 0.3) is 0 Å². The van der Waals surface area contributed by atoms with Gasteiger partial charge in [-0.3, -0.25) is 4.68 Å². The molecule has 1 aliphatic carbocycles. The number of nitrogens with one attached hydrogen (secondary N) is 1. The lowest BCUT2D eigenvalue weighted by Crippen LogP contribution is -2.31. The summed E-state index contributed by atoms with van der Waals surface area (Å²) in [5, 5.41) is 23.1. The molecular weight excluding hydrogens is 418 g/mol. The number of pyridine rings is 2. The molecule has 4 aromatic rings. The van der Waals surface area contributed by atoms with Crippen LogP contribution >= 0.6 is 11.8 Å². The van der Waals surface area contributed by atoms with Gasteiger partial charge in [0.2, 0.25) is 0 Å². The lowest BCUT2D eigenvalue weighted by atomic mass is 9.91. The van der Waals surface area contributed by atoms with E-state index >= 15 is 0 Å². The van der Waals surface area contributed by atoms with Crippen LogP contribution < -0.4 is 5.32 Å². The molecule has 0 atom stereocenters. The molecule has 0 radical (unpaired) electrons. The number of nitrogens with zero attached hydrogens (tertiary/aromatic N) is 6. The molecule has 162 valence electrons. The van der Waals surface area contributed by atoms with Crippen molar-refractivity contribution in [2.75, 3.05) is 7.05 Å². The topological polar surface area (TPSA) is 83.8 Å². The first-order valence-corrected chi connectivity index (χ1v) is 11.7. The van der Waals surface area contributed by atoms with Crippen LogP contribution in [0.25, 0.3) is 16.6 Å². The minimum Gasteiger partial charge on any atom is -0.317 e. The Morgan fingerprint density at radius 1 is 1.16 bits per heavy atom. The summed E-state index contributed by atoms with van der Waals surface area (Å²) in [6, 6.07) is 11.3. The standard InChI is InChI=1S/C24H25N7S/c1-16-21(14-29-31(16)20-8-6-19(26-2)7-9-20)17-11-22(32-23-5-3-4-10-27-23)24-18(12-25)13-28-30(24)15-17/h3-5,10-11,13-15,19-20,26H,6-9H2,1-2H3. The first-order chi connectivity index (χ1) is 15.7. The number of rotatable bonds is 5. The molecule has 0 bridgehead atoms. The van der Waals surface area contributed by atoms with E-state index < -0.39 is 0 Å². The number of hydrogen-bond donors (Lipinski definition) is 1. The molecule has 1 N–H and O–H groups in total. The van der Waals surface area contributed by atoms with Gasteiger partial charge in [0.05, 0.1) is 29.5 Å². The van der Waals surface area contributed by atoms with Crippen molar-refractivity contribution < 1.29 is 0 Å². The molecular formula is C24H25N7S. The number of fused-ring (bicyclic) bond motifs is 1. The largest absolute Gasteiger partial charge is 0.317 e. The number of aromatic nitrogens is 5. The molecule has 8 heteroatoms. The Bertz CT molecular complexity index is 1280. The Balaban J connectivity index is 1.54. The van der Waals surface area contributed by atoms with E-state index in [9.17, 15) is 5.26 Å². The van der Waals surface area contributed by atoms with Crippen molar-refractivity contribution in [2.24, 2.45) is 0 Å². The third-order valence-corrected chi connectivity index (χ3v) is 7.34. The molecule has 0 aliphatic heterocycles. The van der Waals surface area contributed by atoms with Crippen LogP contribution in [0, 0.1) is 18.3 Å². The Morgan fingerprint density at radius 2 is 2.00 bits per heavy atom. The molecule has 1 saturated carbocycles. The summed E-state index contributed by atoms with van der Waals surface area (Å²) in [4.78, 5) is 5.40. The van der Waals surface area contributed by atoms with Crippen LogP contribution in [0.15, 0.2) is 59.0 Å². The van der Waals surface area contributed by atoms with Crippen LogP contribution in [0.5, 0.6) is 0 Å². The van der Waals surface area contributed by atoms with E-state index in [4.69, 9.17) is 5.10 Å². The van der Waals surface area contributed by atoms with Crippen LogP contribution in [-0.4, -0.2) is 37.5 Å². The summed E-state index contributed by atoms with van der Waals surface area (Å²) in [6.45, 7) is 2.14. The smallest absolute Gasteiger partial charge is 0.103 e. The average Bonchev–Trinajstić information content (AvgIpc) is 3.43. The van der Waals surface area contributed by atoms with E-state index in [2.05, 4.69) is 39.1 Å². The van der Waals surface area contributed by atoms with Crippen molar-refractivity contribution in [1.82, 2.24) is 29.7 Å². The fourth-order valence-electron chi connectivity index (χ4n) is 4.60. The minimum absolute atomic E-state index is 0.439. The SMILES string of the molecule is CNC1CCC(n2ncc(-c3cc(Sc4ccccn4)c4c(C#N)cnn4c3)c2C)CC1. The zero-order chi connectivity index (χ0) is 22.1. The molecule has 1 fully saturated rings. The van der Waals surface area contributed by atoms with Gasteiger partial charge in [-0.2, -0.15) is 15.5 Å². The third kappa shape index (κ3) is 3.78. The summed E-state index contributed by atoms with van der Waals surface area (Å²) >= 11 is 1.55. The van der Waals surface area contributed by atoms with E-state index in [0.29, 0.717) is 17.6 Å². The first-order valence-electron chi connectivity index (χ1n) is 10.9. The Labute approximate surface area is 191 Å². The van der Waals surface area contributed by atoms with Gasteiger partial charge in [-0.15, -0.1) is 0 Å². The zero-order valence-electron chi connectivity index (χ0n) is 18.2. The van der Waals surface area contributed by atoms with Crippen LogP contribution in [0.4, 0.5) is 0 Å². The van der Waals surface area contributed by atoms with Crippen molar-refractivity contribution in [3.05, 3.63) is 60.3 Å². The number of hydrogen-bond acceptors (Lipinski definition) is 6. The van der Waals surface area contributed by atoms with Crippen LogP contribution in [0.3, 0.4) is 0 Å². The highest BCUT2D eigenvalue weighted by Gasteiger charge is 2.24. The maximum atomic E-state index is 9.58. The van der Waals surface area contributed by atoms with Gasteiger partial charge in [0.15, 0.2) is 0 Å². The van der Waals surface area contributed by atoms with Gasteiger partial charge in [-0.1, -0.05) is 17.8 Å². The van der Waals surface area contributed by atoms with Crippen molar-refractivity contribution in [1.29, 1.82) is 5.26 Å². The summed E-state index contributed by atoms with van der Waals surface area (Å²) in [5.74, 6) is 0. The molecule has 4 heterocycles. The highest BCUT2D eigenvalue weighted by Crippen LogP contribution is 2.37. The van der Waals surface area contributed by atoms with Crippen molar-refractivity contribution in [3.8, 4) is 17.2 Å². The van der Waals surface area contributed by atoms with Crippen LogP contribution in [0.2, 0.25) is 0 Å². The van der Waals surface area contributed by atoms with E-state index in [1.165, 1.54) is 18.5 Å². The quantitative estimate of drug-likeness (QED) is 0.484. The van der Waals surface area contributed by atoms with E-state index in [0.717, 1.165) is 39.4 Å². The molecule has 1 aliphatic rings. The van der Waals surface area contributed by atoms with E-state index in [-0.39, 0.29) is 0 Å².